The molecule has 0 aromatic carbocycles. The first kappa shape index (κ1) is 12.0. The number of hydrogen-bond donors (Lipinski definition) is 4. The van der Waals surface area contributed by atoms with Gasteiger partial charge in [-0.1, -0.05) is 6.08 Å². The Bertz CT molecular complexity index is 245. The minimum atomic E-state index is -4.75. The maximum Gasteiger partial charge on any atom is 0.412 e. The first-order valence-electron chi connectivity index (χ1n) is 2.70. The standard InChI is InChI=1S/C3H9NO6P2/c1-2-3-10-12(8,9)4-11(5,6)7/h2H,1,3H2,(H4,4,5,6,7,8,9). The topological polar surface area (TPSA) is 116 Å². The van der Waals surface area contributed by atoms with Crippen molar-refractivity contribution in [2.45, 2.75) is 0 Å². The highest BCUT2D eigenvalue weighted by Gasteiger charge is 2.28. The fourth-order valence-electron chi connectivity index (χ4n) is 0.347. The first-order chi connectivity index (χ1) is 5.27. The van der Waals surface area contributed by atoms with Crippen LogP contribution in [-0.4, -0.2) is 21.3 Å². The van der Waals surface area contributed by atoms with Gasteiger partial charge in [-0.05, 0) is 0 Å². The van der Waals surface area contributed by atoms with E-state index < -0.39 is 15.5 Å². The Kier molecular flexibility index (Phi) is 4.30. The van der Waals surface area contributed by atoms with E-state index in [1.165, 1.54) is 6.08 Å². The van der Waals surface area contributed by atoms with Crippen LogP contribution in [0.2, 0.25) is 0 Å². The molecule has 0 saturated carbocycles. The van der Waals surface area contributed by atoms with Gasteiger partial charge in [0.25, 0.3) is 0 Å². The smallest absolute Gasteiger partial charge is 0.312 e. The maximum atomic E-state index is 10.7. The van der Waals surface area contributed by atoms with Gasteiger partial charge in [-0.15, -0.1) is 11.4 Å². The number of rotatable bonds is 5. The Labute approximate surface area is 68.9 Å². The molecule has 0 amide bonds. The second-order valence-electron chi connectivity index (χ2n) is 1.75. The zero-order valence-corrected chi connectivity index (χ0v) is 7.74. The molecule has 0 fully saturated rings. The number of nitrogens with one attached hydrogen (secondary N) is 1. The van der Waals surface area contributed by atoms with Gasteiger partial charge in [0.2, 0.25) is 0 Å². The lowest BCUT2D eigenvalue weighted by Gasteiger charge is -2.12. The second-order valence-corrected chi connectivity index (χ2v) is 4.94. The third-order valence-electron chi connectivity index (χ3n) is 0.624. The summed E-state index contributed by atoms with van der Waals surface area (Å²) in [6.45, 7) is 2.90. The van der Waals surface area contributed by atoms with Crippen LogP contribution in [-0.2, 0) is 13.7 Å². The Balaban J connectivity index is 4.14. The van der Waals surface area contributed by atoms with Crippen LogP contribution in [0, 0.1) is 0 Å². The van der Waals surface area contributed by atoms with Crippen LogP contribution < -0.4 is 4.86 Å². The van der Waals surface area contributed by atoms with Crippen LogP contribution in [0.5, 0.6) is 0 Å². The van der Waals surface area contributed by atoms with Crippen LogP contribution in [0.4, 0.5) is 0 Å². The normalized spacial score (nSPS) is 16.9. The Morgan fingerprint density at radius 2 is 1.92 bits per heavy atom. The average Bonchev–Trinajstić information content (AvgIpc) is 1.78. The molecular weight excluding hydrogens is 208 g/mol. The van der Waals surface area contributed by atoms with E-state index in [2.05, 4.69) is 11.1 Å². The molecule has 1 unspecified atom stereocenters. The fourth-order valence-corrected chi connectivity index (χ4v) is 2.20. The van der Waals surface area contributed by atoms with Crippen molar-refractivity contribution in [3.63, 3.8) is 0 Å². The quantitative estimate of drug-likeness (QED) is 0.377. The molecule has 9 heteroatoms. The van der Waals surface area contributed by atoms with Gasteiger partial charge < -0.3 is 14.7 Å². The third kappa shape index (κ3) is 6.69. The van der Waals surface area contributed by atoms with Crippen molar-refractivity contribution < 1.29 is 28.3 Å². The van der Waals surface area contributed by atoms with Gasteiger partial charge in [0, 0.05) is 0 Å². The summed E-state index contributed by atoms with van der Waals surface area (Å²) >= 11 is 0. The second kappa shape index (κ2) is 4.30. The van der Waals surface area contributed by atoms with Crippen molar-refractivity contribution in [1.29, 1.82) is 0 Å². The summed E-state index contributed by atoms with van der Waals surface area (Å²) in [6, 6.07) is 0. The highest BCUT2D eigenvalue weighted by molar-refractivity contribution is 7.66. The number of hydrogen-bond acceptors (Lipinski definition) is 3. The molecule has 72 valence electrons. The van der Waals surface area contributed by atoms with E-state index >= 15 is 0 Å². The Hall–Kier alpha value is -0.0000000000000000416. The lowest BCUT2D eigenvalue weighted by molar-refractivity contribution is 0.276. The summed E-state index contributed by atoms with van der Waals surface area (Å²) in [5.41, 5.74) is 0. The van der Waals surface area contributed by atoms with Gasteiger partial charge in [-0.25, -0.2) is 9.13 Å². The minimum absolute atomic E-state index is 0.277. The van der Waals surface area contributed by atoms with E-state index in [9.17, 15) is 9.13 Å². The van der Waals surface area contributed by atoms with Gasteiger partial charge in [-0.2, -0.15) is 0 Å². The fraction of sp³-hybridized carbons (Fsp3) is 0.333. The van der Waals surface area contributed by atoms with E-state index in [0.29, 0.717) is 0 Å². The highest BCUT2D eigenvalue weighted by atomic mass is 31.3. The third-order valence-corrected chi connectivity index (χ3v) is 3.18. The van der Waals surface area contributed by atoms with Gasteiger partial charge in [0.05, 0.1) is 6.61 Å². The monoisotopic (exact) mass is 217 g/mol. The van der Waals surface area contributed by atoms with Gasteiger partial charge >= 0.3 is 15.5 Å². The molecule has 0 aliphatic heterocycles. The molecule has 0 aliphatic carbocycles. The molecule has 0 radical (unpaired) electrons. The Morgan fingerprint density at radius 1 is 1.42 bits per heavy atom. The molecule has 7 nitrogen and oxygen atoms in total. The molecule has 0 bridgehead atoms. The van der Waals surface area contributed by atoms with E-state index in [4.69, 9.17) is 14.7 Å². The van der Waals surface area contributed by atoms with Crippen LogP contribution in [0.25, 0.3) is 0 Å². The minimum Gasteiger partial charge on any atom is -0.312 e. The molecule has 0 aromatic rings. The predicted octanol–water partition coefficient (Wildman–Crippen LogP) is -0.0283. The molecule has 0 heterocycles. The molecule has 0 saturated heterocycles. The Morgan fingerprint density at radius 3 is 2.25 bits per heavy atom. The summed E-state index contributed by atoms with van der Waals surface area (Å²) in [5, 5.41) is 0. The van der Waals surface area contributed by atoms with Gasteiger partial charge in [-0.3, -0.25) is 4.52 Å². The highest BCUT2D eigenvalue weighted by Crippen LogP contribution is 2.48. The molecule has 0 rings (SSSR count). The predicted molar refractivity (Wildman–Crippen MR) is 41.2 cm³/mol. The van der Waals surface area contributed by atoms with E-state index in [1.54, 1.807) is 0 Å². The van der Waals surface area contributed by atoms with Crippen LogP contribution in [0.1, 0.15) is 0 Å². The van der Waals surface area contributed by atoms with Crippen molar-refractivity contribution in [3.8, 4) is 0 Å². The van der Waals surface area contributed by atoms with Crippen molar-refractivity contribution >= 4 is 15.5 Å². The molecule has 0 spiro atoms. The molecule has 0 aliphatic rings. The molecular formula is C3H9NO6P2. The van der Waals surface area contributed by atoms with Crippen molar-refractivity contribution in [2.24, 2.45) is 0 Å². The first-order valence-corrected chi connectivity index (χ1v) is 5.89. The van der Waals surface area contributed by atoms with Crippen LogP contribution >= 0.6 is 15.5 Å². The van der Waals surface area contributed by atoms with E-state index in [1.807, 2.05) is 0 Å². The summed E-state index contributed by atoms with van der Waals surface area (Å²) in [7, 11) is -9.16. The molecule has 1 atom stereocenters. The summed E-state index contributed by atoms with van der Waals surface area (Å²) in [4.78, 5) is 26.2. The summed E-state index contributed by atoms with van der Waals surface area (Å²) < 4.78 is 25.0. The largest absolute Gasteiger partial charge is 0.412 e. The zero-order valence-electron chi connectivity index (χ0n) is 5.95. The molecule has 12 heavy (non-hydrogen) atoms. The lowest BCUT2D eigenvalue weighted by atomic mass is 10.7. The van der Waals surface area contributed by atoms with Crippen LogP contribution in [0.3, 0.4) is 0 Å². The lowest BCUT2D eigenvalue weighted by Crippen LogP contribution is -2.08. The van der Waals surface area contributed by atoms with Crippen molar-refractivity contribution in [1.82, 2.24) is 4.86 Å². The zero-order chi connectivity index (χ0) is 9.83. The SMILES string of the molecule is C=CCOP(=O)(O)NP(=O)(O)O. The average molecular weight is 217 g/mol. The van der Waals surface area contributed by atoms with Crippen LogP contribution in [0.15, 0.2) is 12.7 Å². The molecule has 0 aromatic heterocycles. The summed E-state index contributed by atoms with van der Waals surface area (Å²) in [6.07, 6.45) is 1.17. The summed E-state index contributed by atoms with van der Waals surface area (Å²) in [5.74, 6) is 0. The van der Waals surface area contributed by atoms with Crippen molar-refractivity contribution in [3.05, 3.63) is 12.7 Å². The maximum absolute atomic E-state index is 10.7. The van der Waals surface area contributed by atoms with Gasteiger partial charge in [0.15, 0.2) is 0 Å². The van der Waals surface area contributed by atoms with E-state index in [0.717, 1.165) is 4.86 Å². The van der Waals surface area contributed by atoms with Gasteiger partial charge in [0.1, 0.15) is 0 Å². The van der Waals surface area contributed by atoms with E-state index in [-0.39, 0.29) is 6.61 Å². The van der Waals surface area contributed by atoms with Crippen molar-refractivity contribution in [2.75, 3.05) is 6.61 Å². The molecule has 4 N–H and O–H groups in total.